The number of fused-ring (bicyclic) bond motifs is 3. The molecule has 0 saturated carbocycles. The van der Waals surface area contributed by atoms with E-state index in [0.717, 1.165) is 39.2 Å². The van der Waals surface area contributed by atoms with Crippen LogP contribution < -0.4 is 20.7 Å². The molecule has 0 unspecified atom stereocenters. The zero-order valence-corrected chi connectivity index (χ0v) is 27.5. The topological polar surface area (TPSA) is 64.5 Å². The van der Waals surface area contributed by atoms with Crippen LogP contribution in [-0.4, -0.2) is 33.0 Å². The molecule has 0 atom stereocenters. The van der Waals surface area contributed by atoms with Crippen molar-refractivity contribution in [3.05, 3.63) is 176 Å². The third-order valence-electron chi connectivity index (χ3n) is 9.35. The summed E-state index contributed by atoms with van der Waals surface area (Å²) in [5.74, 6) is 1.95. The average Bonchev–Trinajstić information content (AvgIpc) is 3.50. The first kappa shape index (κ1) is 28.8. The van der Waals surface area contributed by atoms with Crippen molar-refractivity contribution in [3.63, 3.8) is 0 Å². The van der Waals surface area contributed by atoms with Gasteiger partial charge in [0.05, 0.1) is 11.4 Å². The molecule has 49 heavy (non-hydrogen) atoms. The maximum absolute atomic E-state index is 4.90. The van der Waals surface area contributed by atoms with Gasteiger partial charge in [-0.25, -0.2) is 15.0 Å². The Kier molecular flexibility index (Phi) is 7.07. The van der Waals surface area contributed by atoms with Crippen LogP contribution in [0.2, 0.25) is 0 Å². The molecule has 0 aliphatic carbocycles. The van der Waals surface area contributed by atoms with Crippen LogP contribution in [0.1, 0.15) is 0 Å². The number of pyridine rings is 2. The number of hydrogen-bond acceptors (Lipinski definition) is 5. The normalized spacial score (nSPS) is 12.7. The van der Waals surface area contributed by atoms with Crippen LogP contribution in [-0.2, 0) is 0 Å². The van der Waals surface area contributed by atoms with Gasteiger partial charge in [0.2, 0.25) is 0 Å². The molecule has 3 aromatic heterocycles. The Morgan fingerprint density at radius 1 is 0.306 bits per heavy atom. The molecule has 5 nitrogen and oxygen atoms in total. The molecule has 8 aromatic rings. The standard InChI is InChI=1S/C43H29N5Si/c1-4-12-32(13-5-1)41-46-42(33-14-6-2-7-15-33)48-43(47-41)34-22-20-30(21-23-34)31-24-26-36(27-25-31)49(35-16-8-3-9-17-35)37-18-10-28-44-39(37)40-38(49)19-11-29-45-40/h1-29H. The molecule has 1 aliphatic heterocycles. The number of nitrogens with zero attached hydrogens (tertiary/aromatic N) is 5. The predicted octanol–water partition coefficient (Wildman–Crippen LogP) is 6.69. The van der Waals surface area contributed by atoms with E-state index < -0.39 is 8.07 Å². The number of rotatable bonds is 6. The Labute approximate surface area is 285 Å². The van der Waals surface area contributed by atoms with Gasteiger partial charge in [0, 0.05) is 29.1 Å². The summed E-state index contributed by atoms with van der Waals surface area (Å²) < 4.78 is 0. The lowest BCUT2D eigenvalue weighted by molar-refractivity contribution is 1.07. The van der Waals surface area contributed by atoms with Crippen molar-refractivity contribution in [1.82, 2.24) is 24.9 Å². The molecule has 230 valence electrons. The highest BCUT2D eigenvalue weighted by Gasteiger charge is 2.49. The maximum Gasteiger partial charge on any atom is 0.184 e. The Morgan fingerprint density at radius 2 is 0.673 bits per heavy atom. The van der Waals surface area contributed by atoms with Crippen LogP contribution in [0, 0.1) is 0 Å². The van der Waals surface area contributed by atoms with Gasteiger partial charge < -0.3 is 0 Å². The molecule has 9 rings (SSSR count). The number of aromatic nitrogens is 5. The second-order valence-electron chi connectivity index (χ2n) is 12.1. The zero-order chi connectivity index (χ0) is 32.6. The monoisotopic (exact) mass is 643 g/mol. The van der Waals surface area contributed by atoms with Gasteiger partial charge >= 0.3 is 0 Å². The van der Waals surface area contributed by atoms with E-state index in [0.29, 0.717) is 17.5 Å². The zero-order valence-electron chi connectivity index (χ0n) is 26.5. The van der Waals surface area contributed by atoms with Gasteiger partial charge in [-0.15, -0.1) is 0 Å². The number of benzene rings is 5. The summed E-state index contributed by atoms with van der Waals surface area (Å²) >= 11 is 0. The molecule has 5 aromatic carbocycles. The van der Waals surface area contributed by atoms with Crippen molar-refractivity contribution < 1.29 is 0 Å². The Hall–Kier alpha value is -6.37. The molecular weight excluding hydrogens is 615 g/mol. The minimum Gasteiger partial charge on any atom is -0.255 e. The first-order chi connectivity index (χ1) is 24.3. The summed E-state index contributed by atoms with van der Waals surface area (Å²) in [5.41, 5.74) is 7.12. The molecule has 0 fully saturated rings. The van der Waals surface area contributed by atoms with Gasteiger partial charge in [-0.2, -0.15) is 0 Å². The highest BCUT2D eigenvalue weighted by Crippen LogP contribution is 2.29. The van der Waals surface area contributed by atoms with Crippen LogP contribution in [0.25, 0.3) is 56.7 Å². The van der Waals surface area contributed by atoms with Crippen LogP contribution in [0.4, 0.5) is 0 Å². The maximum atomic E-state index is 4.90. The molecule has 6 heteroatoms. The molecular formula is C43H29N5Si. The fourth-order valence-corrected chi connectivity index (χ4v) is 12.1. The fourth-order valence-electron chi connectivity index (χ4n) is 7.08. The van der Waals surface area contributed by atoms with Crippen molar-refractivity contribution in [2.45, 2.75) is 0 Å². The van der Waals surface area contributed by atoms with Crippen molar-refractivity contribution >= 4 is 28.8 Å². The summed E-state index contributed by atoms with van der Waals surface area (Å²) in [7, 11) is -2.62. The van der Waals surface area contributed by atoms with Crippen LogP contribution in [0.3, 0.4) is 0 Å². The average molecular weight is 644 g/mol. The summed E-state index contributed by atoms with van der Waals surface area (Å²) in [5, 5.41) is 5.21. The Bertz CT molecular complexity index is 2310. The van der Waals surface area contributed by atoms with Gasteiger partial charge in [0.1, 0.15) is 0 Å². The van der Waals surface area contributed by atoms with Gasteiger partial charge in [0.25, 0.3) is 0 Å². The lowest BCUT2D eigenvalue weighted by Gasteiger charge is -2.30. The minimum atomic E-state index is -2.62. The highest BCUT2D eigenvalue weighted by molar-refractivity contribution is 7.22. The number of hydrogen-bond donors (Lipinski definition) is 0. The van der Waals surface area contributed by atoms with E-state index in [2.05, 4.69) is 103 Å². The molecule has 0 saturated heterocycles. The molecule has 0 bridgehead atoms. The van der Waals surface area contributed by atoms with Crippen LogP contribution in [0.15, 0.2) is 176 Å². The van der Waals surface area contributed by atoms with Gasteiger partial charge in [-0.1, -0.05) is 152 Å². The van der Waals surface area contributed by atoms with Gasteiger partial charge in [-0.3, -0.25) is 9.97 Å². The molecule has 0 radical (unpaired) electrons. The van der Waals surface area contributed by atoms with E-state index >= 15 is 0 Å². The summed E-state index contributed by atoms with van der Waals surface area (Å²) in [6.45, 7) is 0. The van der Waals surface area contributed by atoms with Gasteiger partial charge in [-0.05, 0) is 44.0 Å². The van der Waals surface area contributed by atoms with Crippen molar-refractivity contribution in [2.75, 3.05) is 0 Å². The largest absolute Gasteiger partial charge is 0.255 e. The summed E-state index contributed by atoms with van der Waals surface area (Å²) in [6, 6.07) is 57.3. The van der Waals surface area contributed by atoms with Crippen LogP contribution >= 0.6 is 0 Å². The van der Waals surface area contributed by atoms with E-state index in [-0.39, 0.29) is 0 Å². The quantitative estimate of drug-likeness (QED) is 0.189. The first-order valence-corrected chi connectivity index (χ1v) is 18.3. The second kappa shape index (κ2) is 12.0. The third kappa shape index (κ3) is 4.89. The summed E-state index contributed by atoms with van der Waals surface area (Å²) in [6.07, 6.45) is 3.75. The fraction of sp³-hybridized carbons (Fsp3) is 0. The summed E-state index contributed by atoms with van der Waals surface area (Å²) in [4.78, 5) is 24.3. The SMILES string of the molecule is c1ccc(-c2nc(-c3ccccc3)nc(-c3ccc(-c4ccc([Si]5(c6ccccc6)c6cccnc6-c6ncccc65)cc4)cc3)n2)cc1. The predicted molar refractivity (Wildman–Crippen MR) is 200 cm³/mol. The van der Waals surface area contributed by atoms with Crippen molar-refractivity contribution in [3.8, 4) is 56.7 Å². The Balaban J connectivity index is 1.10. The highest BCUT2D eigenvalue weighted by atomic mass is 28.3. The van der Waals surface area contributed by atoms with E-state index in [1.54, 1.807) is 0 Å². The smallest absolute Gasteiger partial charge is 0.184 e. The van der Waals surface area contributed by atoms with E-state index in [4.69, 9.17) is 24.9 Å². The van der Waals surface area contributed by atoms with Crippen molar-refractivity contribution in [1.29, 1.82) is 0 Å². The molecule has 1 aliphatic rings. The lowest BCUT2D eigenvalue weighted by Crippen LogP contribution is -2.72. The van der Waals surface area contributed by atoms with Crippen LogP contribution in [0.5, 0.6) is 0 Å². The third-order valence-corrected chi connectivity index (χ3v) is 14.2. The van der Waals surface area contributed by atoms with E-state index in [9.17, 15) is 0 Å². The van der Waals surface area contributed by atoms with E-state index in [1.165, 1.54) is 20.7 Å². The molecule has 0 spiro atoms. The molecule has 0 amide bonds. The van der Waals surface area contributed by atoms with Crippen molar-refractivity contribution in [2.24, 2.45) is 0 Å². The molecule has 4 heterocycles. The minimum absolute atomic E-state index is 0.645. The first-order valence-electron chi connectivity index (χ1n) is 16.3. The lowest BCUT2D eigenvalue weighted by atomic mass is 10.0. The molecule has 0 N–H and O–H groups in total. The van der Waals surface area contributed by atoms with E-state index in [1.807, 2.05) is 73.1 Å². The second-order valence-corrected chi connectivity index (χ2v) is 15.8. The Morgan fingerprint density at radius 3 is 1.14 bits per heavy atom. The van der Waals surface area contributed by atoms with Gasteiger partial charge in [0.15, 0.2) is 25.5 Å².